The molecule has 0 spiro atoms. The highest BCUT2D eigenvalue weighted by Gasteiger charge is 2.35. The van der Waals surface area contributed by atoms with Gasteiger partial charge in [-0.3, -0.25) is 14.9 Å². The van der Waals surface area contributed by atoms with Gasteiger partial charge < -0.3 is 9.64 Å². The summed E-state index contributed by atoms with van der Waals surface area (Å²) < 4.78 is 5.13. The number of carbonyl (C=O) groups excluding carboxylic acids is 1. The van der Waals surface area contributed by atoms with Crippen molar-refractivity contribution in [1.29, 1.82) is 0 Å². The molecule has 0 radical (unpaired) electrons. The van der Waals surface area contributed by atoms with E-state index in [0.717, 1.165) is 0 Å². The molecular weight excluding hydrogens is 278 g/mol. The molecule has 1 aromatic rings. The number of amides is 1. The second kappa shape index (κ2) is 6.10. The van der Waals surface area contributed by atoms with Crippen molar-refractivity contribution in [3.63, 3.8) is 0 Å². The van der Waals surface area contributed by atoms with Gasteiger partial charge in [-0.15, -0.1) is 0 Å². The van der Waals surface area contributed by atoms with Crippen LogP contribution in [0.2, 0.25) is 0 Å². The number of azide groups is 1. The van der Waals surface area contributed by atoms with E-state index in [1.54, 1.807) is 6.07 Å². The van der Waals surface area contributed by atoms with Gasteiger partial charge in [0.05, 0.1) is 12.0 Å². The Morgan fingerprint density at radius 3 is 3.00 bits per heavy atom. The van der Waals surface area contributed by atoms with Crippen molar-refractivity contribution in [1.82, 2.24) is 0 Å². The van der Waals surface area contributed by atoms with Crippen LogP contribution in [-0.2, 0) is 4.79 Å². The molecule has 0 N–H and O–H groups in total. The van der Waals surface area contributed by atoms with Gasteiger partial charge >= 0.3 is 0 Å². The molecule has 2 rings (SSSR count). The van der Waals surface area contributed by atoms with Gasteiger partial charge in [0.25, 0.3) is 5.69 Å². The Morgan fingerprint density at radius 2 is 2.38 bits per heavy atom. The number of para-hydroxylation sites is 1. The number of carbonyl (C=O) groups is 1. The van der Waals surface area contributed by atoms with E-state index in [4.69, 9.17) is 10.3 Å². The number of hydrogen-bond acceptors (Lipinski definition) is 5. The summed E-state index contributed by atoms with van der Waals surface area (Å²) in [5.41, 5.74) is 8.29. The molecule has 21 heavy (non-hydrogen) atoms. The van der Waals surface area contributed by atoms with Crippen LogP contribution in [0.3, 0.4) is 0 Å². The van der Waals surface area contributed by atoms with E-state index in [-0.39, 0.29) is 48.5 Å². The Kier molecular flexibility index (Phi) is 4.24. The minimum atomic E-state index is -0.550. The van der Waals surface area contributed by atoms with Gasteiger partial charge in [0.1, 0.15) is 5.75 Å². The summed E-state index contributed by atoms with van der Waals surface area (Å²) in [5, 5.41) is 14.6. The van der Waals surface area contributed by atoms with Gasteiger partial charge in [-0.1, -0.05) is 11.2 Å². The molecular formula is C12H13N5O4. The van der Waals surface area contributed by atoms with E-state index in [0.29, 0.717) is 0 Å². The first-order valence-electron chi connectivity index (χ1n) is 6.21. The molecule has 0 bridgehead atoms. The zero-order valence-electron chi connectivity index (χ0n) is 11.3. The zero-order chi connectivity index (χ0) is 15.4. The van der Waals surface area contributed by atoms with E-state index in [1.165, 1.54) is 24.1 Å². The second-order valence-electron chi connectivity index (χ2n) is 4.57. The molecule has 1 aliphatic heterocycles. The van der Waals surface area contributed by atoms with Crippen LogP contribution in [0.4, 0.5) is 11.4 Å². The van der Waals surface area contributed by atoms with Gasteiger partial charge in [0.15, 0.2) is 5.69 Å². The minimum absolute atomic E-state index is 0.151. The zero-order valence-corrected chi connectivity index (χ0v) is 11.3. The predicted molar refractivity (Wildman–Crippen MR) is 74.1 cm³/mol. The normalized spacial score (nSPS) is 17.5. The fourth-order valence-electron chi connectivity index (χ4n) is 2.37. The Hall–Kier alpha value is -2.80. The van der Waals surface area contributed by atoms with Crippen LogP contribution in [-0.4, -0.2) is 31.0 Å². The molecule has 0 aromatic heterocycles. The van der Waals surface area contributed by atoms with Crippen LogP contribution in [0.5, 0.6) is 5.75 Å². The molecule has 1 unspecified atom stereocenters. The third-order valence-electron chi connectivity index (χ3n) is 3.27. The van der Waals surface area contributed by atoms with Gasteiger partial charge in [-0.25, -0.2) is 0 Å². The smallest absolute Gasteiger partial charge is 0.296 e. The van der Waals surface area contributed by atoms with Crippen molar-refractivity contribution < 1.29 is 14.5 Å². The van der Waals surface area contributed by atoms with E-state index < -0.39 is 4.92 Å². The number of nitro benzene ring substituents is 1. The summed E-state index contributed by atoms with van der Waals surface area (Å²) in [6, 6.07) is 4.39. The fourth-order valence-corrected chi connectivity index (χ4v) is 2.37. The number of nitrogens with zero attached hydrogens (tertiary/aromatic N) is 5. The van der Waals surface area contributed by atoms with Crippen LogP contribution in [0.1, 0.15) is 6.42 Å². The third kappa shape index (κ3) is 2.87. The number of methoxy groups -OCH3 is 1. The van der Waals surface area contributed by atoms with Crippen LogP contribution in [0.15, 0.2) is 23.3 Å². The molecule has 0 aliphatic carbocycles. The van der Waals surface area contributed by atoms with Crippen LogP contribution in [0, 0.1) is 16.0 Å². The largest absolute Gasteiger partial charge is 0.494 e. The molecule has 9 nitrogen and oxygen atoms in total. The number of hydrogen-bond donors (Lipinski definition) is 0. The summed E-state index contributed by atoms with van der Waals surface area (Å²) in [7, 11) is 1.39. The number of nitro groups is 1. The summed E-state index contributed by atoms with van der Waals surface area (Å²) >= 11 is 0. The van der Waals surface area contributed by atoms with E-state index >= 15 is 0 Å². The standard InChI is InChI=1S/C12H13N5O4/c1-21-10-4-2-3-9(17(19)20)12(10)16-7-8(5-11(16)18)6-14-15-13/h2-4,8H,5-7H2,1H3. The van der Waals surface area contributed by atoms with Crippen LogP contribution in [0.25, 0.3) is 10.4 Å². The molecule has 1 amide bonds. The lowest BCUT2D eigenvalue weighted by Crippen LogP contribution is -2.26. The van der Waals surface area contributed by atoms with Crippen molar-refractivity contribution in [3.05, 3.63) is 38.8 Å². The molecule has 9 heteroatoms. The molecule has 1 fully saturated rings. The molecule has 1 aliphatic rings. The maximum absolute atomic E-state index is 12.1. The number of ether oxygens (including phenoxy) is 1. The summed E-state index contributed by atoms with van der Waals surface area (Å²) in [6.45, 7) is 0.445. The second-order valence-corrected chi connectivity index (χ2v) is 4.57. The topological polar surface area (TPSA) is 121 Å². The highest BCUT2D eigenvalue weighted by Crippen LogP contribution is 2.40. The number of anilines is 1. The number of rotatable bonds is 5. The first-order chi connectivity index (χ1) is 10.1. The Morgan fingerprint density at radius 1 is 1.62 bits per heavy atom. The molecule has 1 heterocycles. The van der Waals surface area contributed by atoms with Crippen LogP contribution < -0.4 is 9.64 Å². The monoisotopic (exact) mass is 291 g/mol. The quantitative estimate of drug-likeness (QED) is 0.271. The summed E-state index contributed by atoms with van der Waals surface area (Å²) in [4.78, 5) is 26.7. The molecule has 1 aromatic carbocycles. The van der Waals surface area contributed by atoms with Crippen molar-refractivity contribution in [2.45, 2.75) is 6.42 Å². The average Bonchev–Trinajstić information content (AvgIpc) is 2.84. The lowest BCUT2D eigenvalue weighted by atomic mass is 10.1. The maximum Gasteiger partial charge on any atom is 0.296 e. The lowest BCUT2D eigenvalue weighted by Gasteiger charge is -2.19. The SMILES string of the molecule is COc1cccc([N+](=O)[O-])c1N1CC(CN=[N+]=[N-])CC1=O. The highest BCUT2D eigenvalue weighted by atomic mass is 16.6. The van der Waals surface area contributed by atoms with Gasteiger partial charge in [-0.05, 0) is 17.5 Å². The van der Waals surface area contributed by atoms with Gasteiger partial charge in [0.2, 0.25) is 5.91 Å². The Labute approximate surface area is 119 Å². The lowest BCUT2D eigenvalue weighted by molar-refractivity contribution is -0.384. The van der Waals surface area contributed by atoms with E-state index in [1.807, 2.05) is 0 Å². The third-order valence-corrected chi connectivity index (χ3v) is 3.27. The molecule has 0 saturated carbocycles. The van der Waals surface area contributed by atoms with Gasteiger partial charge in [0, 0.05) is 30.5 Å². The molecule has 1 atom stereocenters. The summed E-state index contributed by atoms with van der Waals surface area (Å²) in [5.74, 6) is -0.138. The Bertz CT molecular complexity index is 626. The molecule has 1 saturated heterocycles. The molecule has 110 valence electrons. The fraction of sp³-hybridized carbons (Fsp3) is 0.417. The minimum Gasteiger partial charge on any atom is -0.494 e. The predicted octanol–water partition coefficient (Wildman–Crippen LogP) is 2.27. The average molecular weight is 291 g/mol. The highest BCUT2D eigenvalue weighted by molar-refractivity contribution is 5.99. The number of benzene rings is 1. The van der Waals surface area contributed by atoms with Crippen molar-refractivity contribution in [3.8, 4) is 5.75 Å². The van der Waals surface area contributed by atoms with Crippen molar-refractivity contribution >= 4 is 17.3 Å². The van der Waals surface area contributed by atoms with Crippen molar-refractivity contribution in [2.24, 2.45) is 11.0 Å². The first kappa shape index (κ1) is 14.6. The maximum atomic E-state index is 12.1. The first-order valence-corrected chi connectivity index (χ1v) is 6.21. The Balaban J connectivity index is 2.39. The van der Waals surface area contributed by atoms with Crippen LogP contribution >= 0.6 is 0 Å². The van der Waals surface area contributed by atoms with E-state index in [9.17, 15) is 14.9 Å². The summed E-state index contributed by atoms with van der Waals surface area (Å²) in [6.07, 6.45) is 0.189. The van der Waals surface area contributed by atoms with E-state index in [2.05, 4.69) is 10.0 Å². The van der Waals surface area contributed by atoms with Gasteiger partial charge in [-0.2, -0.15) is 0 Å². The van der Waals surface area contributed by atoms with Crippen molar-refractivity contribution in [2.75, 3.05) is 25.1 Å².